The van der Waals surface area contributed by atoms with Crippen LogP contribution in [0.25, 0.3) is 10.8 Å². The van der Waals surface area contributed by atoms with Gasteiger partial charge in [-0.05, 0) is 55.2 Å². The van der Waals surface area contributed by atoms with E-state index in [1.807, 2.05) is 12.1 Å². The lowest BCUT2D eigenvalue weighted by atomic mass is 9.97. The largest absolute Gasteiger partial charge is 0.377 e. The predicted molar refractivity (Wildman–Crippen MR) is 118 cm³/mol. The number of pyridine rings is 1. The molecule has 6 rings (SSSR count). The van der Waals surface area contributed by atoms with Crippen LogP contribution < -0.4 is 10.2 Å². The van der Waals surface area contributed by atoms with Crippen molar-refractivity contribution in [2.45, 2.75) is 31.7 Å². The van der Waals surface area contributed by atoms with Crippen molar-refractivity contribution in [2.24, 2.45) is 11.3 Å². The van der Waals surface area contributed by atoms with E-state index in [1.54, 1.807) is 6.20 Å². The molecule has 1 aromatic heterocycles. The van der Waals surface area contributed by atoms with Crippen LogP contribution in [-0.4, -0.2) is 60.7 Å². The maximum atomic E-state index is 12.5. The van der Waals surface area contributed by atoms with Crippen LogP contribution in [0.1, 0.15) is 26.2 Å². The molecule has 6 nitrogen and oxygen atoms in total. The second-order valence-electron chi connectivity index (χ2n) is 9.79. The molecule has 1 amide bonds. The minimum atomic E-state index is 0.123. The van der Waals surface area contributed by atoms with Crippen LogP contribution in [0, 0.1) is 11.3 Å². The lowest BCUT2D eigenvalue weighted by molar-refractivity contribution is -0.131. The summed E-state index contributed by atoms with van der Waals surface area (Å²) in [6, 6.07) is 6.09. The number of fused-ring (bicyclic) bond motifs is 1. The van der Waals surface area contributed by atoms with Gasteiger partial charge in [0.1, 0.15) is 5.82 Å². The van der Waals surface area contributed by atoms with E-state index in [1.165, 1.54) is 12.8 Å². The zero-order valence-electron chi connectivity index (χ0n) is 17.3. The van der Waals surface area contributed by atoms with Gasteiger partial charge in [-0.3, -0.25) is 9.69 Å². The molecule has 2 saturated carbocycles. The fourth-order valence-electron chi connectivity index (χ4n) is 5.18. The van der Waals surface area contributed by atoms with Crippen molar-refractivity contribution in [3.8, 4) is 0 Å². The van der Waals surface area contributed by atoms with E-state index in [9.17, 15) is 4.79 Å². The summed E-state index contributed by atoms with van der Waals surface area (Å²) in [6.45, 7) is 7.84. The molecule has 7 heteroatoms. The monoisotopic (exact) mass is 426 g/mol. The highest BCUT2D eigenvalue weighted by Gasteiger charge is 2.65. The fourth-order valence-corrected chi connectivity index (χ4v) is 5.47. The van der Waals surface area contributed by atoms with E-state index < -0.39 is 0 Å². The average molecular weight is 427 g/mol. The first kappa shape index (κ1) is 18.8. The van der Waals surface area contributed by atoms with Gasteiger partial charge in [0.15, 0.2) is 0 Å². The molecule has 158 valence electrons. The van der Waals surface area contributed by atoms with E-state index in [0.717, 1.165) is 67.3 Å². The fraction of sp³-hybridized carbons (Fsp3) is 0.565. The van der Waals surface area contributed by atoms with Gasteiger partial charge < -0.3 is 15.0 Å². The number of aromatic nitrogens is 1. The number of benzene rings is 1. The van der Waals surface area contributed by atoms with E-state index in [0.29, 0.717) is 11.2 Å². The van der Waals surface area contributed by atoms with Crippen molar-refractivity contribution in [1.82, 2.24) is 9.88 Å². The number of ether oxygens (including phenoxy) is 1. The number of hydrogen-bond donors (Lipinski definition) is 1. The Morgan fingerprint density at radius 2 is 1.93 bits per heavy atom. The normalized spacial score (nSPS) is 26.5. The molecule has 4 aliphatic rings. The number of carbonyl (C=O) groups excluding carboxylic acids is 1. The third-order valence-electron chi connectivity index (χ3n) is 7.65. The molecule has 2 aromatic rings. The number of carbonyl (C=O) groups is 1. The van der Waals surface area contributed by atoms with Crippen molar-refractivity contribution in [1.29, 1.82) is 0 Å². The SMILES string of the molecule is CC1(N2CCN(c3cc4cc(NC(=O)[C@@H]5CC56CC6)ncc4cc3Cl)CC2)COC1. The summed E-state index contributed by atoms with van der Waals surface area (Å²) < 4.78 is 5.43. The van der Waals surface area contributed by atoms with Gasteiger partial charge in [0.2, 0.25) is 5.91 Å². The summed E-state index contributed by atoms with van der Waals surface area (Å²) in [6.07, 6.45) is 5.26. The maximum Gasteiger partial charge on any atom is 0.229 e. The van der Waals surface area contributed by atoms with Gasteiger partial charge in [-0.2, -0.15) is 0 Å². The Labute approximate surface area is 181 Å². The predicted octanol–water partition coefficient (Wildman–Crippen LogP) is 3.54. The Balaban J connectivity index is 1.19. The molecule has 2 aliphatic heterocycles. The van der Waals surface area contributed by atoms with Crippen LogP contribution in [-0.2, 0) is 9.53 Å². The first-order valence-electron chi connectivity index (χ1n) is 10.9. The summed E-state index contributed by atoms with van der Waals surface area (Å²) in [5.74, 6) is 0.944. The zero-order chi connectivity index (χ0) is 20.5. The lowest BCUT2D eigenvalue weighted by Gasteiger charge is -2.50. The molecule has 1 atom stereocenters. The van der Waals surface area contributed by atoms with Crippen LogP contribution in [0.15, 0.2) is 24.4 Å². The Kier molecular flexibility index (Phi) is 4.12. The average Bonchev–Trinajstić information content (AvgIpc) is 3.65. The molecule has 0 bridgehead atoms. The molecule has 0 radical (unpaired) electrons. The lowest BCUT2D eigenvalue weighted by Crippen LogP contribution is -2.64. The van der Waals surface area contributed by atoms with Crippen molar-refractivity contribution in [3.63, 3.8) is 0 Å². The highest BCUT2D eigenvalue weighted by Crippen LogP contribution is 2.70. The molecule has 0 unspecified atom stereocenters. The number of hydrogen-bond acceptors (Lipinski definition) is 5. The first-order chi connectivity index (χ1) is 14.5. The Morgan fingerprint density at radius 3 is 2.57 bits per heavy atom. The maximum absolute atomic E-state index is 12.5. The molecule has 2 aliphatic carbocycles. The molecular formula is C23H27ClN4O2. The van der Waals surface area contributed by atoms with Crippen LogP contribution in [0.4, 0.5) is 11.5 Å². The summed E-state index contributed by atoms with van der Waals surface area (Å²) in [7, 11) is 0. The second-order valence-corrected chi connectivity index (χ2v) is 10.2. The Bertz CT molecular complexity index is 1030. The Hall–Kier alpha value is -1.89. The van der Waals surface area contributed by atoms with Crippen molar-refractivity contribution < 1.29 is 9.53 Å². The van der Waals surface area contributed by atoms with E-state index >= 15 is 0 Å². The van der Waals surface area contributed by atoms with Crippen molar-refractivity contribution >= 4 is 39.8 Å². The van der Waals surface area contributed by atoms with Gasteiger partial charge in [-0.25, -0.2) is 4.98 Å². The molecule has 2 saturated heterocycles. The number of halogens is 1. The zero-order valence-corrected chi connectivity index (χ0v) is 18.0. The third-order valence-corrected chi connectivity index (χ3v) is 7.95. The van der Waals surface area contributed by atoms with Crippen LogP contribution in [0.5, 0.6) is 0 Å². The molecule has 30 heavy (non-hydrogen) atoms. The summed E-state index contributed by atoms with van der Waals surface area (Å²) in [4.78, 5) is 21.8. The van der Waals surface area contributed by atoms with Crippen LogP contribution in [0.2, 0.25) is 5.02 Å². The van der Waals surface area contributed by atoms with Crippen molar-refractivity contribution in [3.05, 3.63) is 29.4 Å². The minimum Gasteiger partial charge on any atom is -0.377 e. The summed E-state index contributed by atoms with van der Waals surface area (Å²) in [5.41, 5.74) is 1.60. The molecule has 3 heterocycles. The number of nitrogens with one attached hydrogen (secondary N) is 1. The standard InChI is InChI=1S/C23H27ClN4O2/c1-22(13-30-14-22)28-6-4-27(5-7-28)19-9-15-10-20(25-12-16(15)8-18(19)24)26-21(29)17-11-23(17)2-3-23/h8-10,12,17H,2-7,11,13-14H2,1H3,(H,25,26,29)/t17-/m0/s1. The molecule has 4 fully saturated rings. The minimum absolute atomic E-state index is 0.123. The van der Waals surface area contributed by atoms with E-state index in [-0.39, 0.29) is 17.4 Å². The third kappa shape index (κ3) is 3.08. The number of amides is 1. The van der Waals surface area contributed by atoms with E-state index in [4.69, 9.17) is 16.3 Å². The molecule has 1 spiro atoms. The number of anilines is 2. The first-order valence-corrected chi connectivity index (χ1v) is 11.3. The smallest absolute Gasteiger partial charge is 0.229 e. The highest BCUT2D eigenvalue weighted by molar-refractivity contribution is 6.34. The quantitative estimate of drug-likeness (QED) is 0.810. The van der Waals surface area contributed by atoms with Crippen LogP contribution in [0.3, 0.4) is 0 Å². The summed E-state index contributed by atoms with van der Waals surface area (Å²) in [5, 5.41) is 5.82. The molecule has 1 aromatic carbocycles. The van der Waals surface area contributed by atoms with Gasteiger partial charge in [0, 0.05) is 43.7 Å². The van der Waals surface area contributed by atoms with Gasteiger partial charge in [-0.1, -0.05) is 11.6 Å². The van der Waals surface area contributed by atoms with Crippen LogP contribution >= 0.6 is 11.6 Å². The molecule has 1 N–H and O–H groups in total. The van der Waals surface area contributed by atoms with E-state index in [2.05, 4.69) is 33.1 Å². The number of piperazine rings is 1. The number of rotatable bonds is 4. The molecular weight excluding hydrogens is 400 g/mol. The topological polar surface area (TPSA) is 57.7 Å². The highest BCUT2D eigenvalue weighted by atomic mass is 35.5. The van der Waals surface area contributed by atoms with Gasteiger partial charge in [-0.15, -0.1) is 0 Å². The van der Waals surface area contributed by atoms with Gasteiger partial charge in [0.25, 0.3) is 0 Å². The second kappa shape index (κ2) is 6.55. The van der Waals surface area contributed by atoms with Gasteiger partial charge >= 0.3 is 0 Å². The Morgan fingerprint density at radius 1 is 1.17 bits per heavy atom. The van der Waals surface area contributed by atoms with Crippen molar-refractivity contribution in [2.75, 3.05) is 49.6 Å². The van der Waals surface area contributed by atoms with Gasteiger partial charge in [0.05, 0.1) is 29.5 Å². The summed E-state index contributed by atoms with van der Waals surface area (Å²) >= 11 is 6.64. The number of nitrogens with zero attached hydrogens (tertiary/aromatic N) is 3.